The fourth-order valence-corrected chi connectivity index (χ4v) is 2.23. The molecule has 0 radical (unpaired) electrons. The fraction of sp³-hybridized carbons (Fsp3) is 0.833. The lowest BCUT2D eigenvalue weighted by atomic mass is 9.75. The van der Waals surface area contributed by atoms with Crippen LogP contribution in [-0.4, -0.2) is 23.0 Å². The van der Waals surface area contributed by atoms with E-state index in [1.165, 1.54) is 6.42 Å². The first-order valence-corrected chi connectivity index (χ1v) is 6.03. The molecule has 0 aromatic carbocycles. The van der Waals surface area contributed by atoms with Crippen LogP contribution < -0.4 is 5.32 Å². The number of hydrogen-bond acceptors (Lipinski definition) is 2. The van der Waals surface area contributed by atoms with E-state index < -0.39 is 12.0 Å². The third-order valence-corrected chi connectivity index (χ3v) is 3.52. The molecule has 92 valence electrons. The lowest BCUT2D eigenvalue weighted by molar-refractivity contribution is -0.144. The second kappa shape index (κ2) is 5.32. The highest BCUT2D eigenvalue weighted by molar-refractivity contribution is 5.87. The van der Waals surface area contributed by atoms with Crippen LogP contribution in [-0.2, 0) is 9.59 Å². The molecule has 0 aliphatic heterocycles. The normalized spacial score (nSPS) is 21.1. The van der Waals surface area contributed by atoms with Crippen LogP contribution in [0.4, 0.5) is 0 Å². The van der Waals surface area contributed by atoms with E-state index in [2.05, 4.69) is 5.32 Å². The number of carbonyl (C=O) groups excluding carboxylic acids is 1. The maximum atomic E-state index is 12.0. The third-order valence-electron chi connectivity index (χ3n) is 3.52. The molecule has 4 nitrogen and oxygen atoms in total. The molecular weight excluding hydrogens is 206 g/mol. The van der Waals surface area contributed by atoms with Gasteiger partial charge in [-0.15, -0.1) is 0 Å². The Hall–Kier alpha value is -1.06. The van der Waals surface area contributed by atoms with Crippen LogP contribution in [0.2, 0.25) is 0 Å². The minimum absolute atomic E-state index is 0.0959. The van der Waals surface area contributed by atoms with Gasteiger partial charge in [-0.2, -0.15) is 0 Å². The first kappa shape index (κ1) is 13.0. The number of hydrogen-bond donors (Lipinski definition) is 2. The third kappa shape index (κ3) is 2.97. The molecule has 1 amide bonds. The van der Waals surface area contributed by atoms with Crippen LogP contribution in [0.25, 0.3) is 0 Å². The summed E-state index contributed by atoms with van der Waals surface area (Å²) in [6.07, 6.45) is 5.47. The Balaban J connectivity index is 2.59. The second-order valence-electron chi connectivity index (χ2n) is 4.89. The number of carboxylic acid groups (broad SMARTS) is 1. The van der Waals surface area contributed by atoms with Gasteiger partial charge in [-0.05, 0) is 19.3 Å². The van der Waals surface area contributed by atoms with Gasteiger partial charge < -0.3 is 10.4 Å². The lowest BCUT2D eigenvalue weighted by Gasteiger charge is -2.33. The van der Waals surface area contributed by atoms with Crippen LogP contribution >= 0.6 is 0 Å². The molecule has 0 aromatic heterocycles. The van der Waals surface area contributed by atoms with Crippen LogP contribution in [0.5, 0.6) is 0 Å². The van der Waals surface area contributed by atoms with Crippen molar-refractivity contribution in [1.29, 1.82) is 0 Å². The van der Waals surface area contributed by atoms with Crippen molar-refractivity contribution in [3.05, 3.63) is 0 Å². The average molecular weight is 227 g/mol. The van der Waals surface area contributed by atoms with Crippen LogP contribution in [0.3, 0.4) is 0 Å². The summed E-state index contributed by atoms with van der Waals surface area (Å²) < 4.78 is 0. The Morgan fingerprint density at radius 2 is 1.88 bits per heavy atom. The first-order chi connectivity index (χ1) is 7.49. The van der Waals surface area contributed by atoms with E-state index in [1.807, 2.05) is 6.92 Å². The van der Waals surface area contributed by atoms with Gasteiger partial charge >= 0.3 is 5.97 Å². The first-order valence-electron chi connectivity index (χ1n) is 6.03. The molecule has 1 aliphatic carbocycles. The standard InChI is InChI=1S/C12H21NO3/c1-3-9(10(14)15)13-11(16)12(2)7-5-4-6-8-12/h9H,3-8H2,1-2H3,(H,13,16)(H,14,15)/t9-/m0/s1. The van der Waals surface area contributed by atoms with Gasteiger partial charge in [0.2, 0.25) is 5.91 Å². The summed E-state index contributed by atoms with van der Waals surface area (Å²) in [5.74, 6) is -1.04. The Morgan fingerprint density at radius 1 is 1.31 bits per heavy atom. The topological polar surface area (TPSA) is 66.4 Å². The minimum atomic E-state index is -0.949. The van der Waals surface area contributed by atoms with E-state index in [0.717, 1.165) is 25.7 Å². The van der Waals surface area contributed by atoms with Crippen molar-refractivity contribution >= 4 is 11.9 Å². The second-order valence-corrected chi connectivity index (χ2v) is 4.89. The van der Waals surface area contributed by atoms with Gasteiger partial charge in [0.05, 0.1) is 0 Å². The molecule has 1 rings (SSSR count). The Labute approximate surface area is 96.4 Å². The van der Waals surface area contributed by atoms with E-state index >= 15 is 0 Å². The van der Waals surface area contributed by atoms with Crippen molar-refractivity contribution in [1.82, 2.24) is 5.32 Å². The number of amides is 1. The van der Waals surface area contributed by atoms with Gasteiger partial charge in [0.15, 0.2) is 0 Å². The van der Waals surface area contributed by atoms with E-state index in [9.17, 15) is 9.59 Å². The van der Waals surface area contributed by atoms with Gasteiger partial charge in [-0.3, -0.25) is 4.79 Å². The Kier molecular flexibility index (Phi) is 4.33. The zero-order valence-electron chi connectivity index (χ0n) is 10.1. The predicted octanol–water partition coefficient (Wildman–Crippen LogP) is 1.94. The number of aliphatic carboxylic acids is 1. The quantitative estimate of drug-likeness (QED) is 0.771. The SMILES string of the molecule is CC[C@H](NC(=O)C1(C)CCCCC1)C(=O)O. The monoisotopic (exact) mass is 227 g/mol. The molecule has 1 aliphatic rings. The van der Waals surface area contributed by atoms with Crippen LogP contribution in [0, 0.1) is 5.41 Å². The largest absolute Gasteiger partial charge is 0.480 e. The number of nitrogens with one attached hydrogen (secondary N) is 1. The van der Waals surface area contributed by atoms with Gasteiger partial charge in [0, 0.05) is 5.41 Å². The smallest absolute Gasteiger partial charge is 0.326 e. The molecule has 1 fully saturated rings. The minimum Gasteiger partial charge on any atom is -0.480 e. The van der Waals surface area contributed by atoms with Crippen molar-refractivity contribution in [2.75, 3.05) is 0 Å². The number of carboxylic acids is 1. The number of rotatable bonds is 4. The molecule has 4 heteroatoms. The summed E-state index contributed by atoms with van der Waals surface area (Å²) in [6.45, 7) is 3.71. The maximum absolute atomic E-state index is 12.0. The van der Waals surface area contributed by atoms with E-state index in [1.54, 1.807) is 6.92 Å². The summed E-state index contributed by atoms with van der Waals surface area (Å²) >= 11 is 0. The zero-order chi connectivity index (χ0) is 12.2. The van der Waals surface area contributed by atoms with E-state index in [0.29, 0.717) is 6.42 Å². The highest BCUT2D eigenvalue weighted by Crippen LogP contribution is 2.35. The summed E-state index contributed by atoms with van der Waals surface area (Å²) in [4.78, 5) is 22.9. The van der Waals surface area contributed by atoms with E-state index in [-0.39, 0.29) is 11.3 Å². The van der Waals surface area contributed by atoms with Gasteiger partial charge in [-0.1, -0.05) is 33.1 Å². The molecule has 0 unspecified atom stereocenters. The van der Waals surface area contributed by atoms with Crippen LogP contribution in [0.1, 0.15) is 52.4 Å². The summed E-state index contributed by atoms with van der Waals surface area (Å²) in [7, 11) is 0. The maximum Gasteiger partial charge on any atom is 0.326 e. The summed E-state index contributed by atoms with van der Waals surface area (Å²) in [5.41, 5.74) is -0.360. The van der Waals surface area contributed by atoms with Crippen molar-refractivity contribution in [3.8, 4) is 0 Å². The molecular formula is C12H21NO3. The predicted molar refractivity (Wildman–Crippen MR) is 61.0 cm³/mol. The molecule has 1 saturated carbocycles. The summed E-state index contributed by atoms with van der Waals surface area (Å²) in [5, 5.41) is 11.5. The Morgan fingerprint density at radius 3 is 2.31 bits per heavy atom. The fourth-order valence-electron chi connectivity index (χ4n) is 2.23. The van der Waals surface area contributed by atoms with E-state index in [4.69, 9.17) is 5.11 Å². The van der Waals surface area contributed by atoms with Gasteiger partial charge in [-0.25, -0.2) is 4.79 Å². The zero-order valence-corrected chi connectivity index (χ0v) is 10.1. The lowest BCUT2D eigenvalue weighted by Crippen LogP contribution is -2.47. The molecule has 16 heavy (non-hydrogen) atoms. The molecule has 1 atom stereocenters. The van der Waals surface area contributed by atoms with Crippen molar-refractivity contribution in [2.24, 2.45) is 5.41 Å². The van der Waals surface area contributed by atoms with Gasteiger partial charge in [0.25, 0.3) is 0 Å². The molecule has 0 heterocycles. The van der Waals surface area contributed by atoms with Crippen LogP contribution in [0.15, 0.2) is 0 Å². The highest BCUT2D eigenvalue weighted by Gasteiger charge is 2.36. The van der Waals surface area contributed by atoms with Gasteiger partial charge in [0.1, 0.15) is 6.04 Å². The average Bonchev–Trinajstić information content (AvgIpc) is 2.26. The van der Waals surface area contributed by atoms with Crippen molar-refractivity contribution in [2.45, 2.75) is 58.4 Å². The molecule has 0 saturated heterocycles. The summed E-state index contributed by atoms with van der Waals surface area (Å²) in [6, 6.07) is -0.744. The highest BCUT2D eigenvalue weighted by atomic mass is 16.4. The number of carbonyl (C=O) groups is 2. The molecule has 2 N–H and O–H groups in total. The molecule has 0 aromatic rings. The molecule has 0 spiro atoms. The molecule has 0 bridgehead atoms. The Bertz CT molecular complexity index is 269. The van der Waals surface area contributed by atoms with Crippen molar-refractivity contribution < 1.29 is 14.7 Å². The van der Waals surface area contributed by atoms with Crippen molar-refractivity contribution in [3.63, 3.8) is 0 Å².